The summed E-state index contributed by atoms with van der Waals surface area (Å²) in [6.45, 7) is 10.3. The molecule has 3 heteroatoms. The topological polar surface area (TPSA) is 54.4 Å². The van der Waals surface area contributed by atoms with Crippen molar-refractivity contribution in [3.63, 3.8) is 0 Å². The SMILES string of the molecule is C=C1C[C@@H]2[C@@H](CC[C@@]3(C)[C@@H]2CC[C@@]3(O)C(C)=O)[C@@]2(C)CCC(=O)C=C12. The summed E-state index contributed by atoms with van der Waals surface area (Å²) in [4.78, 5) is 24.2. The molecule has 0 radical (unpaired) electrons. The van der Waals surface area contributed by atoms with Gasteiger partial charge in [-0.2, -0.15) is 0 Å². The molecule has 4 rings (SSSR count). The molecule has 136 valence electrons. The number of aliphatic hydroxyl groups is 1. The lowest BCUT2D eigenvalue weighted by atomic mass is 9.45. The summed E-state index contributed by atoms with van der Waals surface area (Å²) in [5.74, 6) is 1.54. The third kappa shape index (κ3) is 2.02. The summed E-state index contributed by atoms with van der Waals surface area (Å²) in [6.07, 6.45) is 7.77. The van der Waals surface area contributed by atoms with Crippen molar-refractivity contribution in [3.05, 3.63) is 23.8 Å². The fourth-order valence-electron chi connectivity index (χ4n) is 7.16. The number of rotatable bonds is 1. The smallest absolute Gasteiger partial charge is 0.161 e. The van der Waals surface area contributed by atoms with Gasteiger partial charge in [0.15, 0.2) is 11.6 Å². The quantitative estimate of drug-likeness (QED) is 0.783. The molecule has 0 aromatic carbocycles. The second-order valence-electron chi connectivity index (χ2n) is 9.54. The molecule has 3 fully saturated rings. The van der Waals surface area contributed by atoms with Crippen LogP contribution in [0.4, 0.5) is 0 Å². The van der Waals surface area contributed by atoms with E-state index in [1.54, 1.807) is 6.92 Å². The van der Waals surface area contributed by atoms with Gasteiger partial charge < -0.3 is 5.11 Å². The molecule has 3 nitrogen and oxygen atoms in total. The predicted octanol–water partition coefficient (Wildman–Crippen LogP) is 4.00. The molecular weight excluding hydrogens is 312 g/mol. The third-order valence-corrected chi connectivity index (χ3v) is 8.66. The molecule has 0 aliphatic heterocycles. The maximum absolute atomic E-state index is 12.3. The number of fused-ring (bicyclic) bond motifs is 5. The Bertz CT molecular complexity index is 704. The van der Waals surface area contributed by atoms with Crippen LogP contribution in [0.2, 0.25) is 0 Å². The van der Waals surface area contributed by atoms with Crippen molar-refractivity contribution < 1.29 is 14.7 Å². The van der Waals surface area contributed by atoms with E-state index in [2.05, 4.69) is 20.4 Å². The first-order chi connectivity index (χ1) is 11.6. The van der Waals surface area contributed by atoms with Gasteiger partial charge in [0.05, 0.1) is 0 Å². The highest BCUT2D eigenvalue weighted by molar-refractivity contribution is 5.92. The van der Waals surface area contributed by atoms with Crippen LogP contribution >= 0.6 is 0 Å². The zero-order valence-corrected chi connectivity index (χ0v) is 15.7. The van der Waals surface area contributed by atoms with Crippen LogP contribution in [0.3, 0.4) is 0 Å². The minimum Gasteiger partial charge on any atom is -0.382 e. The molecule has 4 aliphatic carbocycles. The van der Waals surface area contributed by atoms with Crippen LogP contribution in [0, 0.1) is 28.6 Å². The van der Waals surface area contributed by atoms with E-state index in [0.717, 1.165) is 37.7 Å². The Hall–Kier alpha value is -1.22. The van der Waals surface area contributed by atoms with Gasteiger partial charge >= 0.3 is 0 Å². The lowest BCUT2D eigenvalue weighted by molar-refractivity contribution is -0.159. The van der Waals surface area contributed by atoms with E-state index in [4.69, 9.17) is 0 Å². The van der Waals surface area contributed by atoms with Crippen molar-refractivity contribution in [3.8, 4) is 0 Å². The monoisotopic (exact) mass is 342 g/mol. The van der Waals surface area contributed by atoms with E-state index in [1.165, 1.54) is 5.57 Å². The molecule has 0 aromatic heterocycles. The predicted molar refractivity (Wildman–Crippen MR) is 96.9 cm³/mol. The normalized spacial score (nSPS) is 49.1. The number of ketones is 2. The number of allylic oxidation sites excluding steroid dienone is 2. The van der Waals surface area contributed by atoms with Gasteiger partial charge in [0.2, 0.25) is 0 Å². The van der Waals surface area contributed by atoms with Gasteiger partial charge in [-0.05, 0) is 80.3 Å². The van der Waals surface area contributed by atoms with Crippen molar-refractivity contribution in [1.82, 2.24) is 0 Å². The van der Waals surface area contributed by atoms with Gasteiger partial charge in [-0.15, -0.1) is 0 Å². The minimum atomic E-state index is -1.16. The molecule has 0 bridgehead atoms. The summed E-state index contributed by atoms with van der Waals surface area (Å²) < 4.78 is 0. The Morgan fingerprint density at radius 1 is 1.20 bits per heavy atom. The Morgan fingerprint density at radius 3 is 2.56 bits per heavy atom. The van der Waals surface area contributed by atoms with Gasteiger partial charge in [0, 0.05) is 11.8 Å². The molecule has 3 saturated carbocycles. The van der Waals surface area contributed by atoms with Crippen LogP contribution in [-0.2, 0) is 9.59 Å². The standard InChI is InChI=1S/C22H30O3/c1-13-11-16-17(20(3)8-5-15(24)12-19(13)20)6-9-21(4)18(16)7-10-22(21,25)14(2)23/h12,16-18,25H,1,5-11H2,2-4H3/t16-,17-,18-,20-,21+,22-/m1/s1. The Balaban J connectivity index is 1.75. The highest BCUT2D eigenvalue weighted by atomic mass is 16.3. The lowest BCUT2D eigenvalue weighted by Crippen LogP contribution is -2.57. The second-order valence-corrected chi connectivity index (χ2v) is 9.54. The van der Waals surface area contributed by atoms with E-state index in [0.29, 0.717) is 30.6 Å². The lowest BCUT2D eigenvalue weighted by Gasteiger charge is -2.59. The van der Waals surface area contributed by atoms with Gasteiger partial charge in [0.1, 0.15) is 5.60 Å². The Morgan fingerprint density at radius 2 is 1.88 bits per heavy atom. The molecular formula is C22H30O3. The molecule has 4 aliphatic rings. The van der Waals surface area contributed by atoms with Crippen LogP contribution in [0.15, 0.2) is 23.8 Å². The maximum Gasteiger partial charge on any atom is 0.161 e. The second kappa shape index (κ2) is 5.16. The third-order valence-electron chi connectivity index (χ3n) is 8.66. The van der Waals surface area contributed by atoms with Crippen LogP contribution < -0.4 is 0 Å². The number of hydrogen-bond donors (Lipinski definition) is 1. The van der Waals surface area contributed by atoms with Gasteiger partial charge in [-0.3, -0.25) is 9.59 Å². The number of carbonyl (C=O) groups excluding carboxylic acids is 2. The summed E-state index contributed by atoms with van der Waals surface area (Å²) in [6, 6.07) is 0. The van der Waals surface area contributed by atoms with Crippen molar-refractivity contribution in [2.75, 3.05) is 0 Å². The van der Waals surface area contributed by atoms with Crippen molar-refractivity contribution in [2.45, 2.75) is 71.3 Å². The van der Waals surface area contributed by atoms with Gasteiger partial charge in [0.25, 0.3) is 0 Å². The summed E-state index contributed by atoms with van der Waals surface area (Å²) in [5, 5.41) is 11.2. The fraction of sp³-hybridized carbons (Fsp3) is 0.727. The maximum atomic E-state index is 12.3. The molecule has 1 N–H and O–H groups in total. The largest absolute Gasteiger partial charge is 0.382 e. The molecule has 6 atom stereocenters. The Kier molecular flexibility index (Phi) is 3.55. The van der Waals surface area contributed by atoms with Crippen LogP contribution in [0.1, 0.15) is 65.7 Å². The highest BCUT2D eigenvalue weighted by Gasteiger charge is 2.65. The summed E-state index contributed by atoms with van der Waals surface area (Å²) >= 11 is 0. The number of carbonyl (C=O) groups is 2. The molecule has 0 aromatic rings. The zero-order valence-electron chi connectivity index (χ0n) is 15.7. The summed E-state index contributed by atoms with van der Waals surface area (Å²) in [5.41, 5.74) is 0.852. The van der Waals surface area contributed by atoms with Crippen LogP contribution in [0.5, 0.6) is 0 Å². The van der Waals surface area contributed by atoms with Crippen molar-refractivity contribution in [2.24, 2.45) is 28.6 Å². The fourth-order valence-corrected chi connectivity index (χ4v) is 7.16. The van der Waals surface area contributed by atoms with Crippen molar-refractivity contribution >= 4 is 11.6 Å². The van der Waals surface area contributed by atoms with E-state index in [-0.39, 0.29) is 22.4 Å². The first kappa shape index (κ1) is 17.2. The number of Topliss-reactive ketones (excluding diaryl/α,β-unsaturated/α-hetero) is 1. The van der Waals surface area contributed by atoms with E-state index in [1.807, 2.05) is 6.08 Å². The van der Waals surface area contributed by atoms with Crippen molar-refractivity contribution in [1.29, 1.82) is 0 Å². The van der Waals surface area contributed by atoms with E-state index >= 15 is 0 Å². The molecule has 0 amide bonds. The molecule has 0 unspecified atom stereocenters. The summed E-state index contributed by atoms with van der Waals surface area (Å²) in [7, 11) is 0. The van der Waals surface area contributed by atoms with Gasteiger partial charge in [-0.1, -0.05) is 26.0 Å². The zero-order chi connectivity index (χ0) is 18.2. The first-order valence-corrected chi connectivity index (χ1v) is 9.80. The molecule has 0 saturated heterocycles. The average molecular weight is 342 g/mol. The van der Waals surface area contributed by atoms with Gasteiger partial charge in [-0.25, -0.2) is 0 Å². The van der Waals surface area contributed by atoms with Crippen LogP contribution in [0.25, 0.3) is 0 Å². The van der Waals surface area contributed by atoms with E-state index < -0.39 is 5.60 Å². The molecule has 0 spiro atoms. The highest BCUT2D eigenvalue weighted by Crippen LogP contribution is 2.68. The first-order valence-electron chi connectivity index (χ1n) is 9.80. The average Bonchev–Trinajstić information content (AvgIpc) is 2.83. The molecule has 0 heterocycles. The molecule has 25 heavy (non-hydrogen) atoms. The minimum absolute atomic E-state index is 0.0339. The van der Waals surface area contributed by atoms with E-state index in [9.17, 15) is 14.7 Å². The Labute approximate surface area is 150 Å². The van der Waals surface area contributed by atoms with Crippen LogP contribution in [-0.4, -0.2) is 22.3 Å². The number of hydrogen-bond acceptors (Lipinski definition) is 3.